The Morgan fingerprint density at radius 2 is 1.71 bits per heavy atom. The molecular formula is C29H35BrN4O6S. The van der Waals surface area contributed by atoms with Crippen LogP contribution in [0.25, 0.3) is 0 Å². The summed E-state index contributed by atoms with van der Waals surface area (Å²) in [7, 11) is -3.95. The van der Waals surface area contributed by atoms with Crippen LogP contribution in [-0.2, 0) is 44.5 Å². The van der Waals surface area contributed by atoms with Gasteiger partial charge in [0, 0.05) is 35.5 Å². The smallest absolute Gasteiger partial charge is 0.408 e. The Kier molecular flexibility index (Phi) is 10.3. The number of hydrogen-bond acceptors (Lipinski definition) is 7. The maximum Gasteiger partial charge on any atom is 0.408 e. The van der Waals surface area contributed by atoms with E-state index in [1.165, 1.54) is 22.8 Å². The molecule has 220 valence electrons. The quantitative estimate of drug-likeness (QED) is 0.295. The number of carbonyl (C=O) groups excluding carboxylic acids is 1. The fourth-order valence-corrected chi connectivity index (χ4v) is 5.70. The van der Waals surface area contributed by atoms with Gasteiger partial charge in [0.15, 0.2) is 0 Å². The number of ether oxygens (including phenoxy) is 1. The number of aromatic nitrogens is 2. The van der Waals surface area contributed by atoms with Crippen LogP contribution < -0.4 is 5.32 Å². The highest BCUT2D eigenvalue weighted by Crippen LogP contribution is 2.27. The molecule has 12 heteroatoms. The Hall–Kier alpha value is -3.35. The highest BCUT2D eigenvalue weighted by Gasteiger charge is 2.28. The molecule has 0 unspecified atom stereocenters. The van der Waals surface area contributed by atoms with Gasteiger partial charge < -0.3 is 15.2 Å². The number of nitrogens with one attached hydrogen (secondary N) is 1. The monoisotopic (exact) mass is 646 g/mol. The van der Waals surface area contributed by atoms with Crippen molar-refractivity contribution in [1.29, 1.82) is 0 Å². The molecule has 0 saturated heterocycles. The van der Waals surface area contributed by atoms with Gasteiger partial charge in [0.2, 0.25) is 10.0 Å². The van der Waals surface area contributed by atoms with Crippen molar-refractivity contribution >= 4 is 38.0 Å². The van der Waals surface area contributed by atoms with Crippen molar-refractivity contribution in [3.8, 4) is 0 Å². The zero-order chi connectivity index (χ0) is 30.4. The SMILES string of the molecule is CC(C)(Cc1ccc(Br)c(CN(Cc2ccc(C(C)(C)C)cc2)S(=O)(=O)c2cccnc2)n1)OC(=O)NCC(=O)O. The molecule has 1 aromatic carbocycles. The molecule has 41 heavy (non-hydrogen) atoms. The fraction of sp³-hybridized carbons (Fsp3) is 0.379. The first-order valence-corrected chi connectivity index (χ1v) is 15.1. The second kappa shape index (κ2) is 13.1. The van der Waals surface area contributed by atoms with Gasteiger partial charge in [-0.3, -0.25) is 14.8 Å². The van der Waals surface area contributed by atoms with Gasteiger partial charge in [-0.25, -0.2) is 13.2 Å². The van der Waals surface area contributed by atoms with Crippen molar-refractivity contribution in [3.05, 3.63) is 87.9 Å². The third-order valence-corrected chi connectivity index (χ3v) is 8.61. The number of carboxylic acid groups (broad SMARTS) is 1. The number of benzene rings is 1. The Morgan fingerprint density at radius 1 is 1.02 bits per heavy atom. The van der Waals surface area contributed by atoms with Gasteiger partial charge in [-0.05, 0) is 70.6 Å². The molecule has 2 heterocycles. The minimum atomic E-state index is -3.95. The van der Waals surface area contributed by atoms with E-state index in [1.54, 1.807) is 32.0 Å². The zero-order valence-corrected chi connectivity index (χ0v) is 26.1. The highest BCUT2D eigenvalue weighted by molar-refractivity contribution is 9.10. The summed E-state index contributed by atoms with van der Waals surface area (Å²) in [5.41, 5.74) is 1.95. The van der Waals surface area contributed by atoms with Crippen LogP contribution >= 0.6 is 15.9 Å². The maximum atomic E-state index is 13.8. The van der Waals surface area contributed by atoms with Crippen molar-refractivity contribution in [2.45, 2.75) is 70.0 Å². The lowest BCUT2D eigenvalue weighted by Gasteiger charge is -2.26. The van der Waals surface area contributed by atoms with E-state index in [2.05, 4.69) is 47.0 Å². The van der Waals surface area contributed by atoms with E-state index < -0.39 is 34.2 Å². The number of carbonyl (C=O) groups is 2. The van der Waals surface area contributed by atoms with Crippen LogP contribution in [0.5, 0.6) is 0 Å². The Balaban J connectivity index is 1.89. The summed E-state index contributed by atoms with van der Waals surface area (Å²) in [4.78, 5) is 31.5. The molecule has 0 aliphatic carbocycles. The molecule has 3 rings (SSSR count). The molecule has 0 fully saturated rings. The number of rotatable bonds is 11. The van der Waals surface area contributed by atoms with Crippen LogP contribution in [0.2, 0.25) is 0 Å². The van der Waals surface area contributed by atoms with E-state index in [1.807, 2.05) is 24.3 Å². The summed E-state index contributed by atoms with van der Waals surface area (Å²) in [5.74, 6) is -1.19. The molecule has 0 radical (unpaired) electrons. The van der Waals surface area contributed by atoms with E-state index in [4.69, 9.17) is 14.8 Å². The van der Waals surface area contributed by atoms with E-state index in [9.17, 15) is 18.0 Å². The molecule has 0 spiro atoms. The fourth-order valence-electron chi connectivity index (χ4n) is 4.00. The number of halogens is 1. The van der Waals surface area contributed by atoms with Crippen molar-refractivity contribution < 1.29 is 27.9 Å². The number of aliphatic carboxylic acids is 1. The number of amides is 1. The van der Waals surface area contributed by atoms with Crippen molar-refractivity contribution in [3.63, 3.8) is 0 Å². The molecule has 2 aromatic heterocycles. The topological polar surface area (TPSA) is 139 Å². The largest absolute Gasteiger partial charge is 0.480 e. The molecule has 10 nitrogen and oxygen atoms in total. The van der Waals surface area contributed by atoms with E-state index in [-0.39, 0.29) is 29.8 Å². The summed E-state index contributed by atoms with van der Waals surface area (Å²) < 4.78 is 34.9. The first-order chi connectivity index (χ1) is 19.1. The molecular weight excluding hydrogens is 612 g/mol. The lowest BCUT2D eigenvalue weighted by Crippen LogP contribution is -2.38. The molecule has 0 atom stereocenters. The lowest BCUT2D eigenvalue weighted by molar-refractivity contribution is -0.136. The van der Waals surface area contributed by atoms with Crippen LogP contribution in [-0.4, -0.2) is 52.0 Å². The summed E-state index contributed by atoms with van der Waals surface area (Å²) in [5, 5.41) is 10.9. The van der Waals surface area contributed by atoms with Crippen LogP contribution in [0, 0.1) is 0 Å². The van der Waals surface area contributed by atoms with Gasteiger partial charge in [-0.2, -0.15) is 4.31 Å². The first kappa shape index (κ1) is 32.2. The summed E-state index contributed by atoms with van der Waals surface area (Å²) in [6.45, 7) is 9.22. The number of carboxylic acids is 1. The standard InChI is InChI=1S/C29H35BrN4O6S/c1-28(2,3)21-10-8-20(9-11-21)18-34(41(38,39)23-7-6-14-31-16-23)19-25-24(30)13-12-22(33-25)15-29(4,5)40-27(37)32-17-26(35)36/h6-14,16H,15,17-19H2,1-5H3,(H,32,37)(H,35,36). The molecule has 0 saturated carbocycles. The first-order valence-electron chi connectivity index (χ1n) is 12.9. The van der Waals surface area contributed by atoms with Crippen molar-refractivity contribution in [2.75, 3.05) is 6.54 Å². The van der Waals surface area contributed by atoms with Crippen LogP contribution in [0.4, 0.5) is 4.79 Å². The normalized spacial score (nSPS) is 12.3. The van der Waals surface area contributed by atoms with Gasteiger partial charge in [0.05, 0.1) is 12.2 Å². The summed E-state index contributed by atoms with van der Waals surface area (Å²) >= 11 is 3.51. The molecule has 0 aliphatic heterocycles. The zero-order valence-electron chi connectivity index (χ0n) is 23.7. The number of hydrogen-bond donors (Lipinski definition) is 2. The lowest BCUT2D eigenvalue weighted by atomic mass is 9.87. The Morgan fingerprint density at radius 3 is 2.29 bits per heavy atom. The third kappa shape index (κ3) is 9.34. The summed E-state index contributed by atoms with van der Waals surface area (Å²) in [6, 6.07) is 14.5. The van der Waals surface area contributed by atoms with Crippen molar-refractivity contribution in [1.82, 2.24) is 19.6 Å². The maximum absolute atomic E-state index is 13.8. The van der Waals surface area contributed by atoms with Crippen LogP contribution in [0.15, 0.2) is 70.3 Å². The number of nitrogens with zero attached hydrogens (tertiary/aromatic N) is 3. The molecule has 0 bridgehead atoms. The average molecular weight is 648 g/mol. The van der Waals surface area contributed by atoms with Gasteiger partial charge in [0.25, 0.3) is 0 Å². The number of alkyl carbamates (subject to hydrolysis) is 1. The van der Waals surface area contributed by atoms with Crippen LogP contribution in [0.3, 0.4) is 0 Å². The minimum Gasteiger partial charge on any atom is -0.480 e. The average Bonchev–Trinajstić information content (AvgIpc) is 2.88. The minimum absolute atomic E-state index is 0.0347. The van der Waals surface area contributed by atoms with Gasteiger partial charge in [-0.15, -0.1) is 0 Å². The van der Waals surface area contributed by atoms with Gasteiger partial charge >= 0.3 is 12.1 Å². The number of sulfonamides is 1. The molecule has 2 N–H and O–H groups in total. The van der Waals surface area contributed by atoms with E-state index >= 15 is 0 Å². The van der Waals surface area contributed by atoms with Crippen LogP contribution in [0.1, 0.15) is 57.1 Å². The summed E-state index contributed by atoms with van der Waals surface area (Å²) in [6.07, 6.45) is 2.18. The van der Waals surface area contributed by atoms with Gasteiger partial charge in [-0.1, -0.05) is 45.0 Å². The Bertz CT molecular complexity index is 1470. The Labute approximate surface area is 249 Å². The molecule has 3 aromatic rings. The van der Waals surface area contributed by atoms with Gasteiger partial charge in [0.1, 0.15) is 17.0 Å². The second-order valence-corrected chi connectivity index (χ2v) is 14.0. The number of pyridine rings is 2. The molecule has 1 amide bonds. The van der Waals surface area contributed by atoms with E-state index in [0.717, 1.165) is 11.1 Å². The predicted octanol–water partition coefficient (Wildman–Crippen LogP) is 5.06. The highest BCUT2D eigenvalue weighted by atomic mass is 79.9. The molecule has 0 aliphatic rings. The van der Waals surface area contributed by atoms with E-state index in [0.29, 0.717) is 15.9 Å². The third-order valence-electron chi connectivity index (χ3n) is 6.11. The second-order valence-electron chi connectivity index (χ2n) is 11.2. The van der Waals surface area contributed by atoms with Crippen molar-refractivity contribution in [2.24, 2.45) is 0 Å². The predicted molar refractivity (Wildman–Crippen MR) is 158 cm³/mol.